The van der Waals surface area contributed by atoms with Crippen LogP contribution in [0.2, 0.25) is 0 Å². The minimum Gasteiger partial charge on any atom is -0.349 e. The molecule has 0 aromatic heterocycles. The summed E-state index contributed by atoms with van der Waals surface area (Å²) in [5, 5.41) is 2.89. The standard InChI is InChI=1S/C17H24N2O2/c1-13-8-6-7-11-19(13)17(21)12-16(18-14(2)20)15-9-4-3-5-10-15/h3-5,9-10,13,16H,6-8,11-12H2,1-2H3,(H,18,20)/t13-,16+/m0/s1. The van der Waals surface area contributed by atoms with Crippen LogP contribution in [-0.2, 0) is 9.59 Å². The van der Waals surface area contributed by atoms with Gasteiger partial charge in [-0.1, -0.05) is 30.3 Å². The molecule has 2 amide bonds. The Morgan fingerprint density at radius 1 is 1.29 bits per heavy atom. The third kappa shape index (κ3) is 4.31. The fourth-order valence-electron chi connectivity index (χ4n) is 2.94. The van der Waals surface area contributed by atoms with Gasteiger partial charge in [0.2, 0.25) is 11.8 Å². The van der Waals surface area contributed by atoms with Crippen LogP contribution in [0.1, 0.15) is 51.1 Å². The molecule has 1 fully saturated rings. The molecule has 0 saturated carbocycles. The van der Waals surface area contributed by atoms with Crippen molar-refractivity contribution in [2.45, 2.75) is 51.6 Å². The summed E-state index contributed by atoms with van der Waals surface area (Å²) in [6.45, 7) is 4.43. The molecule has 4 heteroatoms. The molecule has 0 radical (unpaired) electrons. The second-order valence-electron chi connectivity index (χ2n) is 5.80. The molecule has 1 aliphatic rings. The number of hydrogen-bond donors (Lipinski definition) is 1. The summed E-state index contributed by atoms with van der Waals surface area (Å²) >= 11 is 0. The number of carbonyl (C=O) groups excluding carboxylic acids is 2. The first-order chi connectivity index (χ1) is 10.1. The Morgan fingerprint density at radius 2 is 2.00 bits per heavy atom. The molecule has 21 heavy (non-hydrogen) atoms. The van der Waals surface area contributed by atoms with Crippen molar-refractivity contribution < 1.29 is 9.59 Å². The Labute approximate surface area is 126 Å². The van der Waals surface area contributed by atoms with E-state index in [-0.39, 0.29) is 17.9 Å². The summed E-state index contributed by atoms with van der Waals surface area (Å²) in [6.07, 6.45) is 3.67. The lowest BCUT2D eigenvalue weighted by Crippen LogP contribution is -2.43. The van der Waals surface area contributed by atoms with Gasteiger partial charge in [-0.3, -0.25) is 9.59 Å². The van der Waals surface area contributed by atoms with Gasteiger partial charge in [-0.2, -0.15) is 0 Å². The molecule has 2 atom stereocenters. The predicted octanol–water partition coefficient (Wildman–Crippen LogP) is 2.65. The van der Waals surface area contributed by atoms with Crippen molar-refractivity contribution in [3.05, 3.63) is 35.9 Å². The number of likely N-dealkylation sites (tertiary alicyclic amines) is 1. The molecular formula is C17H24N2O2. The lowest BCUT2D eigenvalue weighted by Gasteiger charge is -2.34. The molecule has 0 unspecified atom stereocenters. The molecule has 1 aromatic rings. The minimum absolute atomic E-state index is 0.108. The molecule has 1 saturated heterocycles. The van der Waals surface area contributed by atoms with Gasteiger partial charge in [-0.25, -0.2) is 0 Å². The maximum atomic E-state index is 12.5. The Bertz CT molecular complexity index is 487. The summed E-state index contributed by atoms with van der Waals surface area (Å²) in [5.74, 6) is 0.0214. The average Bonchev–Trinajstić information content (AvgIpc) is 2.47. The first kappa shape index (κ1) is 15.5. The molecule has 0 bridgehead atoms. The van der Waals surface area contributed by atoms with Crippen molar-refractivity contribution in [2.24, 2.45) is 0 Å². The van der Waals surface area contributed by atoms with Crippen LogP contribution in [0.5, 0.6) is 0 Å². The van der Waals surface area contributed by atoms with Crippen molar-refractivity contribution in [3.8, 4) is 0 Å². The quantitative estimate of drug-likeness (QED) is 0.926. The number of benzene rings is 1. The predicted molar refractivity (Wildman–Crippen MR) is 82.6 cm³/mol. The van der Waals surface area contributed by atoms with Crippen LogP contribution >= 0.6 is 0 Å². The Kier molecular flexibility index (Phi) is 5.37. The monoisotopic (exact) mass is 288 g/mol. The maximum absolute atomic E-state index is 12.5. The summed E-state index contributed by atoms with van der Waals surface area (Å²) in [4.78, 5) is 25.9. The van der Waals surface area contributed by atoms with E-state index in [4.69, 9.17) is 0 Å². The van der Waals surface area contributed by atoms with Gasteiger partial charge in [-0.15, -0.1) is 0 Å². The van der Waals surface area contributed by atoms with Crippen molar-refractivity contribution in [1.82, 2.24) is 10.2 Å². The van der Waals surface area contributed by atoms with Gasteiger partial charge in [0.15, 0.2) is 0 Å². The smallest absolute Gasteiger partial charge is 0.225 e. The van der Waals surface area contributed by atoms with Gasteiger partial charge in [0.05, 0.1) is 12.5 Å². The van der Waals surface area contributed by atoms with Crippen LogP contribution in [0.25, 0.3) is 0 Å². The molecule has 2 rings (SSSR count). The van der Waals surface area contributed by atoms with E-state index in [2.05, 4.69) is 12.2 Å². The lowest BCUT2D eigenvalue weighted by molar-refractivity contribution is -0.135. The van der Waals surface area contributed by atoms with Crippen molar-refractivity contribution >= 4 is 11.8 Å². The fraction of sp³-hybridized carbons (Fsp3) is 0.529. The van der Waals surface area contributed by atoms with Crippen LogP contribution in [0, 0.1) is 0 Å². The maximum Gasteiger partial charge on any atom is 0.225 e. The van der Waals surface area contributed by atoms with Crippen molar-refractivity contribution in [3.63, 3.8) is 0 Å². The summed E-state index contributed by atoms with van der Waals surface area (Å²) in [6, 6.07) is 9.76. The topological polar surface area (TPSA) is 49.4 Å². The third-order valence-electron chi connectivity index (χ3n) is 4.08. The molecule has 1 heterocycles. The van der Waals surface area contributed by atoms with Crippen molar-refractivity contribution in [1.29, 1.82) is 0 Å². The van der Waals surface area contributed by atoms with Crippen LogP contribution in [0.4, 0.5) is 0 Å². The molecular weight excluding hydrogens is 264 g/mol. The average molecular weight is 288 g/mol. The molecule has 1 N–H and O–H groups in total. The molecule has 1 aromatic carbocycles. The fourth-order valence-corrected chi connectivity index (χ4v) is 2.94. The summed E-state index contributed by atoms with van der Waals surface area (Å²) in [7, 11) is 0. The van der Waals surface area contributed by atoms with E-state index >= 15 is 0 Å². The van der Waals surface area contributed by atoms with Crippen LogP contribution in [0.3, 0.4) is 0 Å². The second-order valence-corrected chi connectivity index (χ2v) is 5.80. The second kappa shape index (κ2) is 7.25. The van der Waals surface area contributed by atoms with E-state index in [9.17, 15) is 9.59 Å². The minimum atomic E-state index is -0.245. The van der Waals surface area contributed by atoms with Crippen molar-refractivity contribution in [2.75, 3.05) is 6.54 Å². The third-order valence-corrected chi connectivity index (χ3v) is 4.08. The zero-order valence-electron chi connectivity index (χ0n) is 12.8. The van der Waals surface area contributed by atoms with Gasteiger partial charge in [-0.05, 0) is 31.7 Å². The SMILES string of the molecule is CC(=O)N[C@H](CC(=O)N1CCCC[C@@H]1C)c1ccccc1. The zero-order chi connectivity index (χ0) is 15.2. The lowest BCUT2D eigenvalue weighted by atomic mass is 9.99. The van der Waals surface area contributed by atoms with E-state index in [1.807, 2.05) is 35.2 Å². The van der Waals surface area contributed by atoms with E-state index in [0.717, 1.165) is 24.9 Å². The van der Waals surface area contributed by atoms with Crippen LogP contribution < -0.4 is 5.32 Å². The summed E-state index contributed by atoms with van der Waals surface area (Å²) < 4.78 is 0. The first-order valence-electron chi connectivity index (χ1n) is 7.69. The van der Waals surface area contributed by atoms with E-state index in [0.29, 0.717) is 12.5 Å². The van der Waals surface area contributed by atoms with Gasteiger partial charge >= 0.3 is 0 Å². The molecule has 1 aliphatic heterocycles. The zero-order valence-corrected chi connectivity index (χ0v) is 12.8. The number of nitrogens with one attached hydrogen (secondary N) is 1. The number of nitrogens with zero attached hydrogens (tertiary/aromatic N) is 1. The molecule has 0 aliphatic carbocycles. The summed E-state index contributed by atoms with van der Waals surface area (Å²) in [5.41, 5.74) is 0.978. The van der Waals surface area contributed by atoms with Crippen LogP contribution in [-0.4, -0.2) is 29.3 Å². The largest absolute Gasteiger partial charge is 0.349 e. The van der Waals surface area contributed by atoms with E-state index in [1.165, 1.54) is 13.3 Å². The van der Waals surface area contributed by atoms with E-state index < -0.39 is 0 Å². The first-order valence-corrected chi connectivity index (χ1v) is 7.69. The normalized spacial score (nSPS) is 19.9. The Balaban J connectivity index is 2.07. The highest BCUT2D eigenvalue weighted by atomic mass is 16.2. The molecule has 0 spiro atoms. The highest BCUT2D eigenvalue weighted by Gasteiger charge is 2.26. The Hall–Kier alpha value is -1.84. The number of rotatable bonds is 4. The van der Waals surface area contributed by atoms with Gasteiger partial charge < -0.3 is 10.2 Å². The molecule has 4 nitrogen and oxygen atoms in total. The highest BCUT2D eigenvalue weighted by molar-refractivity contribution is 5.79. The Morgan fingerprint density at radius 3 is 2.62 bits per heavy atom. The van der Waals surface area contributed by atoms with Gasteiger partial charge in [0.1, 0.15) is 0 Å². The highest BCUT2D eigenvalue weighted by Crippen LogP contribution is 2.22. The number of amides is 2. The van der Waals surface area contributed by atoms with Gasteiger partial charge in [0, 0.05) is 19.5 Å². The molecule has 114 valence electrons. The number of carbonyl (C=O) groups is 2. The number of piperidine rings is 1. The van der Waals surface area contributed by atoms with E-state index in [1.54, 1.807) is 0 Å². The van der Waals surface area contributed by atoms with Gasteiger partial charge in [0.25, 0.3) is 0 Å². The van der Waals surface area contributed by atoms with Crippen LogP contribution in [0.15, 0.2) is 30.3 Å². The number of hydrogen-bond acceptors (Lipinski definition) is 2.